The van der Waals surface area contributed by atoms with Crippen LogP contribution in [0.25, 0.3) is 0 Å². The van der Waals surface area contributed by atoms with Crippen molar-refractivity contribution in [2.75, 3.05) is 17.7 Å². The van der Waals surface area contributed by atoms with Crippen molar-refractivity contribution >= 4 is 23.1 Å². The summed E-state index contributed by atoms with van der Waals surface area (Å²) in [5.74, 6) is -1.49. The van der Waals surface area contributed by atoms with Crippen LogP contribution in [0.2, 0.25) is 0 Å². The normalized spacial score (nSPS) is 10.3. The molecule has 3 aromatic rings. The van der Waals surface area contributed by atoms with Crippen LogP contribution in [-0.2, 0) is 0 Å². The summed E-state index contributed by atoms with van der Waals surface area (Å²) in [5.41, 5.74) is 0.460. The molecular weight excluding hydrogens is 340 g/mol. The van der Waals surface area contributed by atoms with E-state index in [-0.39, 0.29) is 0 Å². The number of pyridine rings is 1. The van der Waals surface area contributed by atoms with Gasteiger partial charge in [-0.2, -0.15) is 0 Å². The largest absolute Gasteiger partial charge is 0.497 e. The van der Waals surface area contributed by atoms with Gasteiger partial charge in [-0.3, -0.25) is 4.79 Å². The minimum absolute atomic E-state index is 0.314. The van der Waals surface area contributed by atoms with Crippen LogP contribution >= 0.6 is 0 Å². The number of carbonyl (C=O) groups is 1. The average Bonchev–Trinajstić information content (AvgIpc) is 2.63. The summed E-state index contributed by atoms with van der Waals surface area (Å²) in [6.07, 6.45) is 1.39. The topological polar surface area (TPSA) is 63.2 Å². The number of hydrogen-bond donors (Lipinski definition) is 2. The smallest absolute Gasteiger partial charge is 0.261 e. The molecule has 26 heavy (non-hydrogen) atoms. The number of aromatic nitrogens is 1. The van der Waals surface area contributed by atoms with Crippen LogP contribution in [0.4, 0.5) is 26.0 Å². The molecule has 1 heterocycles. The van der Waals surface area contributed by atoms with E-state index >= 15 is 0 Å². The van der Waals surface area contributed by atoms with E-state index in [0.29, 0.717) is 17.3 Å². The fourth-order valence-corrected chi connectivity index (χ4v) is 2.30. The molecule has 0 aliphatic heterocycles. The number of rotatable bonds is 5. The third-order valence-corrected chi connectivity index (χ3v) is 3.55. The molecule has 0 saturated carbocycles. The molecule has 0 spiro atoms. The second-order valence-electron chi connectivity index (χ2n) is 5.34. The average molecular weight is 355 g/mol. The van der Waals surface area contributed by atoms with Crippen LogP contribution in [0, 0.1) is 11.6 Å². The molecule has 3 rings (SSSR count). The van der Waals surface area contributed by atoms with Gasteiger partial charge in [-0.05, 0) is 36.4 Å². The standard InChI is InChI=1S/C19H15F2N3O2/c1-26-14-5-2-4-12(10-14)23-17-9-8-13(11-22-17)24-19(25)18-15(20)6-3-7-16(18)21/h2-11H,1H3,(H,22,23)(H,24,25). The Hall–Kier alpha value is -3.48. The monoisotopic (exact) mass is 355 g/mol. The Morgan fingerprint density at radius 1 is 1.00 bits per heavy atom. The number of nitrogens with one attached hydrogen (secondary N) is 2. The Labute approximate surface area is 148 Å². The van der Waals surface area contributed by atoms with E-state index in [4.69, 9.17) is 4.74 Å². The van der Waals surface area contributed by atoms with Gasteiger partial charge in [0, 0.05) is 11.8 Å². The van der Waals surface area contributed by atoms with Crippen LogP contribution < -0.4 is 15.4 Å². The van der Waals surface area contributed by atoms with Gasteiger partial charge in [0.2, 0.25) is 0 Å². The van der Waals surface area contributed by atoms with Crippen molar-refractivity contribution in [3.8, 4) is 5.75 Å². The number of amides is 1. The first-order valence-corrected chi connectivity index (χ1v) is 7.69. The van der Waals surface area contributed by atoms with Gasteiger partial charge in [-0.25, -0.2) is 13.8 Å². The zero-order chi connectivity index (χ0) is 18.5. The highest BCUT2D eigenvalue weighted by Gasteiger charge is 2.17. The molecule has 0 unspecified atom stereocenters. The highest BCUT2D eigenvalue weighted by Crippen LogP contribution is 2.21. The van der Waals surface area contributed by atoms with Crippen molar-refractivity contribution in [1.82, 2.24) is 4.98 Å². The minimum Gasteiger partial charge on any atom is -0.497 e. The number of halogens is 2. The molecule has 7 heteroatoms. The summed E-state index contributed by atoms with van der Waals surface area (Å²) in [6.45, 7) is 0. The molecule has 0 bridgehead atoms. The third kappa shape index (κ3) is 3.94. The molecular formula is C19H15F2N3O2. The Bertz CT molecular complexity index is 910. The molecule has 2 N–H and O–H groups in total. The lowest BCUT2D eigenvalue weighted by atomic mass is 10.2. The Morgan fingerprint density at radius 3 is 2.38 bits per heavy atom. The van der Waals surface area contributed by atoms with E-state index in [9.17, 15) is 13.6 Å². The molecule has 0 saturated heterocycles. The van der Waals surface area contributed by atoms with Crippen molar-refractivity contribution in [3.63, 3.8) is 0 Å². The molecule has 0 radical (unpaired) electrons. The SMILES string of the molecule is COc1cccc(Nc2ccc(NC(=O)c3c(F)cccc3F)cn2)c1. The lowest BCUT2D eigenvalue weighted by molar-refractivity contribution is 0.101. The lowest BCUT2D eigenvalue weighted by Crippen LogP contribution is -2.16. The molecule has 0 fully saturated rings. The van der Waals surface area contributed by atoms with E-state index in [1.807, 2.05) is 18.2 Å². The summed E-state index contributed by atoms with van der Waals surface area (Å²) in [4.78, 5) is 16.2. The molecule has 2 aromatic carbocycles. The molecule has 0 aliphatic carbocycles. The summed E-state index contributed by atoms with van der Waals surface area (Å²) < 4.78 is 32.4. The zero-order valence-electron chi connectivity index (χ0n) is 13.8. The fraction of sp³-hybridized carbons (Fsp3) is 0.0526. The lowest BCUT2D eigenvalue weighted by Gasteiger charge is -2.09. The van der Waals surface area contributed by atoms with Crippen LogP contribution in [0.1, 0.15) is 10.4 Å². The molecule has 1 aromatic heterocycles. The minimum atomic E-state index is -0.924. The number of benzene rings is 2. The van der Waals surface area contributed by atoms with Gasteiger partial charge in [0.25, 0.3) is 5.91 Å². The van der Waals surface area contributed by atoms with Gasteiger partial charge in [-0.15, -0.1) is 0 Å². The van der Waals surface area contributed by atoms with Crippen LogP contribution in [0.3, 0.4) is 0 Å². The number of ether oxygens (including phenoxy) is 1. The number of anilines is 3. The van der Waals surface area contributed by atoms with Crippen molar-refractivity contribution in [3.05, 3.63) is 78.0 Å². The highest BCUT2D eigenvalue weighted by atomic mass is 19.1. The van der Waals surface area contributed by atoms with Crippen molar-refractivity contribution in [1.29, 1.82) is 0 Å². The van der Waals surface area contributed by atoms with Crippen LogP contribution in [0.5, 0.6) is 5.75 Å². The van der Waals surface area contributed by atoms with Gasteiger partial charge < -0.3 is 15.4 Å². The van der Waals surface area contributed by atoms with Gasteiger partial charge in [0.05, 0.1) is 19.0 Å². The zero-order valence-corrected chi connectivity index (χ0v) is 13.8. The maximum absolute atomic E-state index is 13.6. The summed E-state index contributed by atoms with van der Waals surface area (Å²) in [5, 5.41) is 5.51. The second-order valence-corrected chi connectivity index (χ2v) is 5.34. The number of nitrogens with zero attached hydrogens (tertiary/aromatic N) is 1. The molecule has 0 atom stereocenters. The maximum Gasteiger partial charge on any atom is 0.261 e. The van der Waals surface area contributed by atoms with E-state index in [1.165, 1.54) is 12.3 Å². The maximum atomic E-state index is 13.6. The Balaban J connectivity index is 1.70. The Kier molecular flexibility index (Phi) is 5.07. The van der Waals surface area contributed by atoms with E-state index in [1.54, 1.807) is 25.3 Å². The first-order valence-electron chi connectivity index (χ1n) is 7.69. The van der Waals surface area contributed by atoms with Gasteiger partial charge in [0.1, 0.15) is 28.8 Å². The predicted octanol–water partition coefficient (Wildman–Crippen LogP) is 4.36. The van der Waals surface area contributed by atoms with E-state index in [0.717, 1.165) is 17.8 Å². The van der Waals surface area contributed by atoms with Gasteiger partial charge >= 0.3 is 0 Å². The summed E-state index contributed by atoms with van der Waals surface area (Å²) >= 11 is 0. The quantitative estimate of drug-likeness (QED) is 0.714. The van der Waals surface area contributed by atoms with Crippen molar-refractivity contribution in [2.45, 2.75) is 0 Å². The fourth-order valence-electron chi connectivity index (χ4n) is 2.30. The van der Waals surface area contributed by atoms with Crippen molar-refractivity contribution < 1.29 is 18.3 Å². The van der Waals surface area contributed by atoms with E-state index in [2.05, 4.69) is 15.6 Å². The highest BCUT2D eigenvalue weighted by molar-refractivity contribution is 6.04. The van der Waals surface area contributed by atoms with Gasteiger partial charge in [-0.1, -0.05) is 12.1 Å². The summed E-state index contributed by atoms with van der Waals surface area (Å²) in [7, 11) is 1.58. The van der Waals surface area contributed by atoms with Crippen molar-refractivity contribution in [2.24, 2.45) is 0 Å². The third-order valence-electron chi connectivity index (χ3n) is 3.55. The van der Waals surface area contributed by atoms with Gasteiger partial charge in [0.15, 0.2) is 0 Å². The molecule has 1 amide bonds. The Morgan fingerprint density at radius 2 is 1.73 bits per heavy atom. The van der Waals surface area contributed by atoms with Crippen LogP contribution in [0.15, 0.2) is 60.8 Å². The molecule has 132 valence electrons. The first-order chi connectivity index (χ1) is 12.6. The molecule has 0 aliphatic rings. The number of carbonyl (C=O) groups excluding carboxylic acids is 1. The first kappa shape index (κ1) is 17.3. The van der Waals surface area contributed by atoms with Crippen LogP contribution in [-0.4, -0.2) is 18.0 Å². The predicted molar refractivity (Wildman–Crippen MR) is 94.8 cm³/mol. The summed E-state index contributed by atoms with van der Waals surface area (Å²) in [6, 6.07) is 13.8. The van der Waals surface area contributed by atoms with E-state index < -0.39 is 23.1 Å². The second kappa shape index (κ2) is 7.60. The number of hydrogen-bond acceptors (Lipinski definition) is 4. The number of methoxy groups -OCH3 is 1. The molecule has 5 nitrogen and oxygen atoms in total.